The lowest BCUT2D eigenvalue weighted by Gasteiger charge is -2.46. The SMILES string of the molecule is CCCNC1CCC2(CC1N(CC)CC(C)C)OCCO2. The van der Waals surface area contributed by atoms with Crippen molar-refractivity contribution >= 4 is 0 Å². The molecule has 0 aromatic rings. The molecule has 0 bridgehead atoms. The van der Waals surface area contributed by atoms with Crippen LogP contribution in [0.3, 0.4) is 0 Å². The summed E-state index contributed by atoms with van der Waals surface area (Å²) in [5, 5.41) is 3.76. The molecule has 2 rings (SSSR count). The fourth-order valence-electron chi connectivity index (χ4n) is 3.81. The fourth-order valence-corrected chi connectivity index (χ4v) is 3.81. The monoisotopic (exact) mass is 298 g/mol. The molecule has 0 aromatic heterocycles. The second-order valence-electron chi connectivity index (χ2n) is 6.96. The Hall–Kier alpha value is -0.160. The first-order valence-electron chi connectivity index (χ1n) is 8.85. The fraction of sp³-hybridized carbons (Fsp3) is 1.00. The number of nitrogens with zero attached hydrogens (tertiary/aromatic N) is 1. The first kappa shape index (κ1) is 17.2. The molecule has 0 amide bonds. The Kier molecular flexibility index (Phi) is 6.48. The molecule has 0 aromatic carbocycles. The van der Waals surface area contributed by atoms with Crippen molar-refractivity contribution in [3.8, 4) is 0 Å². The predicted octanol–water partition coefficient (Wildman–Crippen LogP) is 2.63. The lowest BCUT2D eigenvalue weighted by molar-refractivity contribution is -0.193. The van der Waals surface area contributed by atoms with Crippen molar-refractivity contribution in [3.05, 3.63) is 0 Å². The summed E-state index contributed by atoms with van der Waals surface area (Å²) < 4.78 is 12.0. The normalized spacial score (nSPS) is 28.9. The molecule has 1 N–H and O–H groups in total. The average Bonchev–Trinajstić information content (AvgIpc) is 2.91. The van der Waals surface area contributed by atoms with Crippen molar-refractivity contribution in [2.24, 2.45) is 5.92 Å². The van der Waals surface area contributed by atoms with E-state index in [1.165, 1.54) is 6.42 Å². The average molecular weight is 298 g/mol. The summed E-state index contributed by atoms with van der Waals surface area (Å²) in [5.41, 5.74) is 0. The van der Waals surface area contributed by atoms with Crippen LogP contribution in [-0.2, 0) is 9.47 Å². The number of nitrogens with one attached hydrogen (secondary N) is 1. The van der Waals surface area contributed by atoms with Gasteiger partial charge in [-0.2, -0.15) is 0 Å². The van der Waals surface area contributed by atoms with E-state index in [0.29, 0.717) is 18.0 Å². The van der Waals surface area contributed by atoms with Crippen LogP contribution in [-0.4, -0.2) is 55.6 Å². The van der Waals surface area contributed by atoms with Gasteiger partial charge in [-0.1, -0.05) is 27.7 Å². The van der Waals surface area contributed by atoms with E-state index in [2.05, 4.69) is 37.9 Å². The summed E-state index contributed by atoms with van der Waals surface area (Å²) in [5.74, 6) is 0.402. The van der Waals surface area contributed by atoms with Crippen LogP contribution < -0.4 is 5.32 Å². The molecule has 1 aliphatic heterocycles. The van der Waals surface area contributed by atoms with Crippen molar-refractivity contribution in [1.29, 1.82) is 0 Å². The minimum absolute atomic E-state index is 0.292. The number of hydrogen-bond acceptors (Lipinski definition) is 4. The second kappa shape index (κ2) is 7.91. The molecule has 0 radical (unpaired) electrons. The van der Waals surface area contributed by atoms with Crippen LogP contribution in [0.1, 0.15) is 53.4 Å². The zero-order chi connectivity index (χ0) is 15.3. The van der Waals surface area contributed by atoms with Crippen molar-refractivity contribution in [2.75, 3.05) is 32.8 Å². The highest BCUT2D eigenvalue weighted by Crippen LogP contribution is 2.38. The van der Waals surface area contributed by atoms with Crippen LogP contribution in [0, 0.1) is 5.92 Å². The molecular weight excluding hydrogens is 264 g/mol. The Labute approximate surface area is 130 Å². The maximum absolute atomic E-state index is 5.99. The van der Waals surface area contributed by atoms with Crippen LogP contribution >= 0.6 is 0 Å². The molecule has 21 heavy (non-hydrogen) atoms. The molecule has 1 aliphatic carbocycles. The van der Waals surface area contributed by atoms with E-state index in [4.69, 9.17) is 9.47 Å². The number of hydrogen-bond donors (Lipinski definition) is 1. The Bertz CT molecular complexity index is 303. The minimum atomic E-state index is -0.292. The second-order valence-corrected chi connectivity index (χ2v) is 6.96. The minimum Gasteiger partial charge on any atom is -0.347 e. The quantitative estimate of drug-likeness (QED) is 0.783. The summed E-state index contributed by atoms with van der Waals surface area (Å²) in [7, 11) is 0. The van der Waals surface area contributed by atoms with Gasteiger partial charge in [0.1, 0.15) is 0 Å². The van der Waals surface area contributed by atoms with E-state index >= 15 is 0 Å². The first-order chi connectivity index (χ1) is 10.1. The zero-order valence-electron chi connectivity index (χ0n) is 14.4. The Morgan fingerprint density at radius 2 is 1.95 bits per heavy atom. The van der Waals surface area contributed by atoms with E-state index in [-0.39, 0.29) is 5.79 Å². The molecule has 4 nitrogen and oxygen atoms in total. The van der Waals surface area contributed by atoms with E-state index < -0.39 is 0 Å². The lowest BCUT2D eigenvalue weighted by atomic mass is 9.84. The van der Waals surface area contributed by atoms with Gasteiger partial charge in [-0.25, -0.2) is 0 Å². The van der Waals surface area contributed by atoms with Gasteiger partial charge in [-0.05, 0) is 31.8 Å². The van der Waals surface area contributed by atoms with Crippen molar-refractivity contribution < 1.29 is 9.47 Å². The standard InChI is InChI=1S/C17H34N2O2/c1-5-9-18-15-7-8-17(20-10-11-21-17)12-16(15)19(6-2)13-14(3)4/h14-16,18H,5-13H2,1-4H3. The third kappa shape index (κ3) is 4.41. The third-order valence-corrected chi connectivity index (χ3v) is 4.77. The summed E-state index contributed by atoms with van der Waals surface area (Å²) in [4.78, 5) is 2.63. The van der Waals surface area contributed by atoms with Gasteiger partial charge in [-0.15, -0.1) is 0 Å². The highest BCUT2D eigenvalue weighted by molar-refractivity contribution is 4.96. The van der Waals surface area contributed by atoms with Crippen LogP contribution in [0.2, 0.25) is 0 Å². The largest absolute Gasteiger partial charge is 0.347 e. The first-order valence-corrected chi connectivity index (χ1v) is 8.85. The molecule has 124 valence electrons. The summed E-state index contributed by atoms with van der Waals surface area (Å²) >= 11 is 0. The van der Waals surface area contributed by atoms with E-state index in [1.807, 2.05) is 0 Å². The van der Waals surface area contributed by atoms with Gasteiger partial charge in [-0.3, -0.25) is 4.90 Å². The lowest BCUT2D eigenvalue weighted by Crippen LogP contribution is -2.58. The number of likely N-dealkylation sites (N-methyl/N-ethyl adjacent to an activating group) is 1. The molecule has 1 saturated carbocycles. The highest BCUT2D eigenvalue weighted by Gasteiger charge is 2.46. The van der Waals surface area contributed by atoms with Crippen molar-refractivity contribution in [2.45, 2.75) is 71.2 Å². The molecule has 4 heteroatoms. The van der Waals surface area contributed by atoms with Crippen LogP contribution in [0.25, 0.3) is 0 Å². The molecule has 1 heterocycles. The van der Waals surface area contributed by atoms with Crippen LogP contribution in [0.15, 0.2) is 0 Å². The molecule has 2 aliphatic rings. The molecule has 1 saturated heterocycles. The van der Waals surface area contributed by atoms with E-state index in [9.17, 15) is 0 Å². The highest BCUT2D eigenvalue weighted by atomic mass is 16.7. The van der Waals surface area contributed by atoms with Crippen molar-refractivity contribution in [3.63, 3.8) is 0 Å². The molecule has 2 atom stereocenters. The van der Waals surface area contributed by atoms with Gasteiger partial charge in [0, 0.05) is 31.5 Å². The summed E-state index contributed by atoms with van der Waals surface area (Å²) in [6, 6.07) is 1.10. The van der Waals surface area contributed by atoms with Gasteiger partial charge in [0.05, 0.1) is 13.2 Å². The van der Waals surface area contributed by atoms with Gasteiger partial charge < -0.3 is 14.8 Å². The molecule has 1 spiro atoms. The molecule has 2 unspecified atom stereocenters. The van der Waals surface area contributed by atoms with Gasteiger partial charge in [0.15, 0.2) is 5.79 Å². The van der Waals surface area contributed by atoms with Crippen LogP contribution in [0.4, 0.5) is 0 Å². The van der Waals surface area contributed by atoms with Gasteiger partial charge >= 0.3 is 0 Å². The van der Waals surface area contributed by atoms with Gasteiger partial charge in [0.2, 0.25) is 0 Å². The van der Waals surface area contributed by atoms with Crippen molar-refractivity contribution in [1.82, 2.24) is 10.2 Å². The zero-order valence-corrected chi connectivity index (χ0v) is 14.4. The topological polar surface area (TPSA) is 33.7 Å². The number of rotatable bonds is 7. The Morgan fingerprint density at radius 3 is 2.52 bits per heavy atom. The van der Waals surface area contributed by atoms with Gasteiger partial charge in [0.25, 0.3) is 0 Å². The Balaban J connectivity index is 2.07. The third-order valence-electron chi connectivity index (χ3n) is 4.77. The maximum atomic E-state index is 5.99. The predicted molar refractivity (Wildman–Crippen MR) is 86.4 cm³/mol. The Morgan fingerprint density at radius 1 is 1.24 bits per heavy atom. The maximum Gasteiger partial charge on any atom is 0.170 e. The molecular formula is C17H34N2O2. The van der Waals surface area contributed by atoms with E-state index in [1.54, 1.807) is 0 Å². The number of ether oxygens (including phenoxy) is 2. The van der Waals surface area contributed by atoms with E-state index in [0.717, 1.165) is 52.1 Å². The smallest absolute Gasteiger partial charge is 0.170 e. The summed E-state index contributed by atoms with van der Waals surface area (Å²) in [6.45, 7) is 14.0. The summed E-state index contributed by atoms with van der Waals surface area (Å²) in [6.07, 6.45) is 4.38. The molecule has 2 fully saturated rings. The van der Waals surface area contributed by atoms with Crippen LogP contribution in [0.5, 0.6) is 0 Å².